The van der Waals surface area contributed by atoms with E-state index < -0.39 is 6.09 Å². The number of ether oxygens (including phenoxy) is 2. The first-order valence-corrected chi connectivity index (χ1v) is 12.0. The molecule has 2 atom stereocenters. The summed E-state index contributed by atoms with van der Waals surface area (Å²) in [5.41, 5.74) is 3.25. The van der Waals surface area contributed by atoms with Gasteiger partial charge in [0.1, 0.15) is 0 Å². The van der Waals surface area contributed by atoms with E-state index in [0.29, 0.717) is 34.5 Å². The molecule has 4 rings (SSSR count). The molecule has 32 heavy (non-hydrogen) atoms. The Hall–Kier alpha value is -2.13. The Morgan fingerprint density at radius 3 is 2.69 bits per heavy atom. The molecule has 0 spiro atoms. The van der Waals surface area contributed by atoms with E-state index in [9.17, 15) is 9.59 Å². The van der Waals surface area contributed by atoms with Gasteiger partial charge >= 0.3 is 6.09 Å². The van der Waals surface area contributed by atoms with E-state index in [-0.39, 0.29) is 18.0 Å². The van der Waals surface area contributed by atoms with Gasteiger partial charge < -0.3 is 24.6 Å². The minimum Gasteiger partial charge on any atom is -0.399 e. The second-order valence-corrected chi connectivity index (χ2v) is 10.1. The molecular formula is C23H28ClN3O4S. The van der Waals surface area contributed by atoms with E-state index in [2.05, 4.69) is 23.3 Å². The van der Waals surface area contributed by atoms with E-state index in [1.807, 2.05) is 12.1 Å². The SMILES string of the molecule is COCC1CC(NC(=O)Oc2ccc(Cl)s2)CN1C(=O)c1ccc2c(c1)CCN(C)CC2. The third kappa shape index (κ3) is 5.43. The number of likely N-dealkylation sites (tertiary alicyclic amines) is 1. The molecule has 7 nitrogen and oxygen atoms in total. The molecule has 0 radical (unpaired) electrons. The van der Waals surface area contributed by atoms with Gasteiger partial charge in [0.25, 0.3) is 5.91 Å². The predicted octanol–water partition coefficient (Wildman–Crippen LogP) is 3.45. The monoisotopic (exact) mass is 477 g/mol. The molecule has 2 aliphatic heterocycles. The zero-order chi connectivity index (χ0) is 22.7. The lowest BCUT2D eigenvalue weighted by Gasteiger charge is -2.24. The van der Waals surface area contributed by atoms with E-state index >= 15 is 0 Å². The molecule has 0 saturated carbocycles. The van der Waals surface area contributed by atoms with Crippen molar-refractivity contribution in [2.45, 2.75) is 31.3 Å². The Bertz CT molecular complexity index is 982. The first-order chi connectivity index (χ1) is 15.4. The van der Waals surface area contributed by atoms with Gasteiger partial charge in [0, 0.05) is 32.3 Å². The number of hydrogen-bond acceptors (Lipinski definition) is 6. The molecule has 3 heterocycles. The average molecular weight is 478 g/mol. The fourth-order valence-electron chi connectivity index (χ4n) is 4.40. The molecule has 1 aromatic carbocycles. The largest absolute Gasteiger partial charge is 0.413 e. The van der Waals surface area contributed by atoms with Gasteiger partial charge in [-0.2, -0.15) is 0 Å². The summed E-state index contributed by atoms with van der Waals surface area (Å²) in [6.45, 7) is 2.84. The van der Waals surface area contributed by atoms with Crippen LogP contribution in [0.1, 0.15) is 27.9 Å². The lowest BCUT2D eigenvalue weighted by Crippen LogP contribution is -2.41. The Kier molecular flexibility index (Phi) is 7.35. The number of carbonyl (C=O) groups excluding carboxylic acids is 2. The number of methoxy groups -OCH3 is 1. The van der Waals surface area contributed by atoms with Crippen LogP contribution in [-0.4, -0.2) is 74.3 Å². The van der Waals surface area contributed by atoms with Crippen LogP contribution in [0.2, 0.25) is 4.34 Å². The van der Waals surface area contributed by atoms with Gasteiger partial charge in [0.15, 0.2) is 5.06 Å². The number of likely N-dealkylation sites (N-methyl/N-ethyl adjacent to an activating group) is 1. The van der Waals surface area contributed by atoms with Crippen molar-refractivity contribution in [2.24, 2.45) is 0 Å². The van der Waals surface area contributed by atoms with E-state index in [1.54, 1.807) is 24.1 Å². The van der Waals surface area contributed by atoms with Crippen LogP contribution in [0, 0.1) is 0 Å². The van der Waals surface area contributed by atoms with Gasteiger partial charge in [-0.05, 0) is 61.7 Å². The number of carbonyl (C=O) groups is 2. The third-order valence-electron chi connectivity index (χ3n) is 6.08. The highest BCUT2D eigenvalue weighted by molar-refractivity contribution is 7.17. The van der Waals surface area contributed by atoms with Crippen molar-refractivity contribution in [1.82, 2.24) is 15.1 Å². The number of nitrogens with one attached hydrogen (secondary N) is 1. The van der Waals surface area contributed by atoms with Gasteiger partial charge in [0.2, 0.25) is 0 Å². The molecule has 2 aromatic rings. The highest BCUT2D eigenvalue weighted by atomic mass is 35.5. The van der Waals surface area contributed by atoms with Gasteiger partial charge in [-0.1, -0.05) is 29.0 Å². The number of halogens is 1. The summed E-state index contributed by atoms with van der Waals surface area (Å²) in [4.78, 5) is 29.8. The number of hydrogen-bond donors (Lipinski definition) is 1. The Labute approximate surface area is 197 Å². The minimum atomic E-state index is -0.548. The Morgan fingerprint density at radius 1 is 1.19 bits per heavy atom. The quantitative estimate of drug-likeness (QED) is 0.714. The normalized spacial score (nSPS) is 21.2. The third-order valence-corrected chi connectivity index (χ3v) is 7.19. The van der Waals surface area contributed by atoms with Crippen molar-refractivity contribution in [1.29, 1.82) is 0 Å². The molecule has 1 aromatic heterocycles. The maximum Gasteiger partial charge on any atom is 0.413 e. The van der Waals surface area contributed by atoms with Crippen molar-refractivity contribution in [3.63, 3.8) is 0 Å². The Morgan fingerprint density at radius 2 is 1.97 bits per heavy atom. The zero-order valence-electron chi connectivity index (χ0n) is 18.3. The van der Waals surface area contributed by atoms with Crippen LogP contribution in [0.3, 0.4) is 0 Å². The molecule has 0 bridgehead atoms. The van der Waals surface area contributed by atoms with Crippen molar-refractivity contribution in [2.75, 3.05) is 40.4 Å². The van der Waals surface area contributed by atoms with Gasteiger partial charge in [-0.15, -0.1) is 0 Å². The molecule has 2 aliphatic rings. The van der Waals surface area contributed by atoms with Crippen LogP contribution < -0.4 is 10.1 Å². The van der Waals surface area contributed by atoms with Crippen LogP contribution in [-0.2, 0) is 17.6 Å². The van der Waals surface area contributed by atoms with Crippen molar-refractivity contribution in [3.8, 4) is 5.06 Å². The van der Waals surface area contributed by atoms with Crippen LogP contribution in [0.15, 0.2) is 30.3 Å². The number of thiophene rings is 1. The van der Waals surface area contributed by atoms with Gasteiger partial charge in [0.05, 0.1) is 23.0 Å². The van der Waals surface area contributed by atoms with Crippen LogP contribution >= 0.6 is 22.9 Å². The number of nitrogens with zero attached hydrogens (tertiary/aromatic N) is 2. The second-order valence-electron chi connectivity index (χ2n) is 8.38. The smallest absolute Gasteiger partial charge is 0.399 e. The van der Waals surface area contributed by atoms with E-state index in [0.717, 1.165) is 25.9 Å². The summed E-state index contributed by atoms with van der Waals surface area (Å²) in [6, 6.07) is 9.05. The maximum atomic E-state index is 13.4. The molecule has 9 heteroatoms. The highest BCUT2D eigenvalue weighted by Gasteiger charge is 2.37. The fourth-order valence-corrected chi connectivity index (χ4v) is 5.27. The summed E-state index contributed by atoms with van der Waals surface area (Å²) in [5.74, 6) is -0.0323. The highest BCUT2D eigenvalue weighted by Crippen LogP contribution is 2.29. The van der Waals surface area contributed by atoms with E-state index in [4.69, 9.17) is 21.1 Å². The van der Waals surface area contributed by atoms with Crippen LogP contribution in [0.5, 0.6) is 5.06 Å². The molecule has 1 N–H and O–H groups in total. The van der Waals surface area contributed by atoms with Crippen LogP contribution in [0.25, 0.3) is 0 Å². The number of benzene rings is 1. The first-order valence-electron chi connectivity index (χ1n) is 10.8. The molecule has 2 unspecified atom stereocenters. The number of fused-ring (bicyclic) bond motifs is 1. The van der Waals surface area contributed by atoms with Crippen LogP contribution in [0.4, 0.5) is 4.79 Å². The lowest BCUT2D eigenvalue weighted by atomic mass is 9.99. The molecule has 172 valence electrons. The molecule has 2 amide bonds. The van der Waals surface area contributed by atoms with Crippen molar-refractivity contribution < 1.29 is 19.1 Å². The standard InChI is InChI=1S/C23H28ClN3O4S/c1-26-9-7-15-3-4-17(11-16(15)8-10-26)22(28)27-13-18(12-19(27)14-30-2)25-23(29)31-21-6-5-20(24)32-21/h3-6,11,18-19H,7-10,12-14H2,1-2H3,(H,25,29). The first kappa shape index (κ1) is 23.0. The number of rotatable bonds is 5. The minimum absolute atomic E-state index is 0.0323. The average Bonchev–Trinajstić information content (AvgIpc) is 3.30. The topological polar surface area (TPSA) is 71.1 Å². The fraction of sp³-hybridized carbons (Fsp3) is 0.478. The Balaban J connectivity index is 1.43. The lowest BCUT2D eigenvalue weighted by molar-refractivity contribution is 0.0629. The summed E-state index contributed by atoms with van der Waals surface area (Å²) in [7, 11) is 3.75. The summed E-state index contributed by atoms with van der Waals surface area (Å²) in [5, 5.41) is 3.30. The van der Waals surface area contributed by atoms with Crippen molar-refractivity contribution >= 4 is 34.9 Å². The number of amides is 2. The van der Waals surface area contributed by atoms with E-state index in [1.165, 1.54) is 22.5 Å². The van der Waals surface area contributed by atoms with Gasteiger partial charge in [-0.3, -0.25) is 4.79 Å². The summed E-state index contributed by atoms with van der Waals surface area (Å²) < 4.78 is 11.2. The second kappa shape index (κ2) is 10.2. The summed E-state index contributed by atoms with van der Waals surface area (Å²) >= 11 is 7.08. The molecule has 0 aliphatic carbocycles. The summed E-state index contributed by atoms with van der Waals surface area (Å²) in [6.07, 6.45) is 2.00. The van der Waals surface area contributed by atoms with Crippen molar-refractivity contribution in [3.05, 3.63) is 51.4 Å². The predicted molar refractivity (Wildman–Crippen MR) is 125 cm³/mol. The molecule has 1 fully saturated rings. The maximum absolute atomic E-state index is 13.4. The van der Waals surface area contributed by atoms with Gasteiger partial charge in [-0.25, -0.2) is 4.79 Å². The molecule has 1 saturated heterocycles. The zero-order valence-corrected chi connectivity index (χ0v) is 19.9. The molecular weight excluding hydrogens is 450 g/mol.